The summed E-state index contributed by atoms with van der Waals surface area (Å²) in [4.78, 5) is 11.9. The SMILES string of the molecule is CC(N)CC(=O)NC12CC3CC(CC(C3)C1)C2.Cl. The summed E-state index contributed by atoms with van der Waals surface area (Å²) in [7, 11) is 0. The predicted octanol–water partition coefficient (Wildman–Crippen LogP) is 2.23. The van der Waals surface area contributed by atoms with Gasteiger partial charge in [-0.25, -0.2) is 0 Å². The summed E-state index contributed by atoms with van der Waals surface area (Å²) in [5.41, 5.74) is 5.85. The Morgan fingerprint density at radius 3 is 2.06 bits per heavy atom. The second-order valence-electron chi connectivity index (χ2n) is 6.93. The van der Waals surface area contributed by atoms with Gasteiger partial charge in [-0.05, 0) is 63.2 Å². The van der Waals surface area contributed by atoms with Crippen LogP contribution in [0.5, 0.6) is 0 Å². The van der Waals surface area contributed by atoms with Crippen LogP contribution in [0.3, 0.4) is 0 Å². The number of halogens is 1. The van der Waals surface area contributed by atoms with Crippen LogP contribution in [-0.4, -0.2) is 17.5 Å². The molecule has 4 bridgehead atoms. The highest BCUT2D eigenvalue weighted by atomic mass is 35.5. The third-order valence-corrected chi connectivity index (χ3v) is 4.95. The van der Waals surface area contributed by atoms with E-state index < -0.39 is 0 Å². The van der Waals surface area contributed by atoms with E-state index in [1.165, 1.54) is 38.5 Å². The van der Waals surface area contributed by atoms with Crippen molar-refractivity contribution in [1.82, 2.24) is 5.32 Å². The Morgan fingerprint density at radius 2 is 1.67 bits per heavy atom. The number of amides is 1. The molecule has 0 spiro atoms. The van der Waals surface area contributed by atoms with Crippen molar-refractivity contribution in [3.8, 4) is 0 Å². The van der Waals surface area contributed by atoms with Crippen molar-refractivity contribution in [2.75, 3.05) is 0 Å². The molecule has 4 fully saturated rings. The van der Waals surface area contributed by atoms with Gasteiger partial charge in [0.15, 0.2) is 0 Å². The molecule has 0 aromatic heterocycles. The lowest BCUT2D eigenvalue weighted by atomic mass is 9.53. The number of nitrogens with two attached hydrogens (primary N) is 1. The van der Waals surface area contributed by atoms with Gasteiger partial charge in [0, 0.05) is 18.0 Å². The maximum atomic E-state index is 11.9. The molecule has 3 N–H and O–H groups in total. The number of carbonyl (C=O) groups is 1. The summed E-state index contributed by atoms with van der Waals surface area (Å²) < 4.78 is 0. The number of rotatable bonds is 3. The summed E-state index contributed by atoms with van der Waals surface area (Å²) in [6, 6.07) is -0.0242. The Morgan fingerprint density at radius 1 is 1.22 bits per heavy atom. The molecule has 1 atom stereocenters. The van der Waals surface area contributed by atoms with Gasteiger partial charge in [-0.1, -0.05) is 0 Å². The summed E-state index contributed by atoms with van der Waals surface area (Å²) in [6.07, 6.45) is 8.41. The highest BCUT2D eigenvalue weighted by Crippen LogP contribution is 2.55. The topological polar surface area (TPSA) is 55.1 Å². The zero-order valence-corrected chi connectivity index (χ0v) is 12.0. The van der Waals surface area contributed by atoms with Crippen LogP contribution in [0.2, 0.25) is 0 Å². The first-order valence-electron chi connectivity index (χ1n) is 7.11. The normalized spacial score (nSPS) is 42.2. The minimum atomic E-state index is -0.0242. The van der Waals surface area contributed by atoms with Crippen molar-refractivity contribution in [2.24, 2.45) is 23.5 Å². The fourth-order valence-corrected chi connectivity index (χ4v) is 4.90. The Labute approximate surface area is 116 Å². The molecule has 0 radical (unpaired) electrons. The van der Waals surface area contributed by atoms with E-state index in [0.29, 0.717) is 6.42 Å². The van der Waals surface area contributed by atoms with Crippen molar-refractivity contribution in [3.05, 3.63) is 0 Å². The van der Waals surface area contributed by atoms with E-state index in [0.717, 1.165) is 17.8 Å². The van der Waals surface area contributed by atoms with Crippen molar-refractivity contribution in [2.45, 2.75) is 63.5 Å². The molecule has 0 aliphatic heterocycles. The molecule has 1 unspecified atom stereocenters. The van der Waals surface area contributed by atoms with Gasteiger partial charge in [-0.2, -0.15) is 0 Å². The van der Waals surface area contributed by atoms with Crippen LogP contribution in [-0.2, 0) is 4.79 Å². The van der Waals surface area contributed by atoms with Gasteiger partial charge in [-0.3, -0.25) is 4.79 Å². The zero-order chi connectivity index (χ0) is 12.0. The number of carbonyl (C=O) groups excluding carboxylic acids is 1. The summed E-state index contributed by atoms with van der Waals surface area (Å²) in [5, 5.41) is 3.34. The van der Waals surface area contributed by atoms with Gasteiger partial charge >= 0.3 is 0 Å². The Kier molecular flexibility index (Phi) is 3.93. The van der Waals surface area contributed by atoms with Crippen molar-refractivity contribution in [1.29, 1.82) is 0 Å². The second kappa shape index (κ2) is 5.01. The summed E-state index contributed by atoms with van der Waals surface area (Å²) in [5.74, 6) is 2.83. The molecular weight excluding hydrogens is 248 g/mol. The average molecular weight is 273 g/mol. The first-order valence-corrected chi connectivity index (χ1v) is 7.11. The molecule has 4 saturated carbocycles. The molecular formula is C14H25ClN2O. The van der Waals surface area contributed by atoms with E-state index in [4.69, 9.17) is 5.73 Å². The number of nitrogens with one attached hydrogen (secondary N) is 1. The highest BCUT2D eigenvalue weighted by molar-refractivity contribution is 5.85. The Bertz CT molecular complexity index is 294. The lowest BCUT2D eigenvalue weighted by molar-refractivity contribution is -0.127. The van der Waals surface area contributed by atoms with E-state index >= 15 is 0 Å². The van der Waals surface area contributed by atoms with Gasteiger partial charge in [0.2, 0.25) is 5.91 Å². The molecule has 0 saturated heterocycles. The number of hydrogen-bond donors (Lipinski definition) is 2. The van der Waals surface area contributed by atoms with Gasteiger partial charge in [0.05, 0.1) is 0 Å². The van der Waals surface area contributed by atoms with Crippen LogP contribution in [0.15, 0.2) is 0 Å². The lowest BCUT2D eigenvalue weighted by Crippen LogP contribution is -2.60. The van der Waals surface area contributed by atoms with Crippen LogP contribution in [0.25, 0.3) is 0 Å². The second-order valence-corrected chi connectivity index (χ2v) is 6.93. The van der Waals surface area contributed by atoms with E-state index in [1.807, 2.05) is 6.92 Å². The molecule has 4 aliphatic rings. The summed E-state index contributed by atoms with van der Waals surface area (Å²) in [6.45, 7) is 1.90. The third-order valence-electron chi connectivity index (χ3n) is 4.95. The van der Waals surface area contributed by atoms with Crippen LogP contribution >= 0.6 is 12.4 Å². The molecule has 18 heavy (non-hydrogen) atoms. The fraction of sp³-hybridized carbons (Fsp3) is 0.929. The smallest absolute Gasteiger partial charge is 0.221 e. The van der Waals surface area contributed by atoms with E-state index in [2.05, 4.69) is 5.32 Å². The van der Waals surface area contributed by atoms with Crippen molar-refractivity contribution in [3.63, 3.8) is 0 Å². The third kappa shape index (κ3) is 2.67. The summed E-state index contributed by atoms with van der Waals surface area (Å²) >= 11 is 0. The fourth-order valence-electron chi connectivity index (χ4n) is 4.90. The largest absolute Gasteiger partial charge is 0.351 e. The van der Waals surface area contributed by atoms with Crippen LogP contribution in [0, 0.1) is 17.8 Å². The predicted molar refractivity (Wildman–Crippen MR) is 74.6 cm³/mol. The van der Waals surface area contributed by atoms with Gasteiger partial charge in [-0.15, -0.1) is 12.4 Å². The molecule has 4 heteroatoms. The lowest BCUT2D eigenvalue weighted by Gasteiger charge is -2.57. The Hall–Kier alpha value is -0.280. The standard InChI is InChI=1S/C14H24N2O.ClH/c1-9(15)2-13(17)16-14-6-10-3-11(7-14)5-12(4-10)8-14;/h9-12H,2-8,15H2,1H3,(H,16,17);1H. The maximum Gasteiger partial charge on any atom is 0.221 e. The molecule has 0 heterocycles. The highest BCUT2D eigenvalue weighted by Gasteiger charge is 2.51. The van der Waals surface area contributed by atoms with Gasteiger partial charge < -0.3 is 11.1 Å². The molecule has 0 aromatic rings. The Balaban J connectivity index is 0.00000120. The molecule has 3 nitrogen and oxygen atoms in total. The molecule has 104 valence electrons. The monoisotopic (exact) mass is 272 g/mol. The maximum absolute atomic E-state index is 11.9. The van der Waals surface area contributed by atoms with Crippen molar-refractivity contribution < 1.29 is 4.79 Å². The first kappa shape index (κ1) is 14.1. The van der Waals surface area contributed by atoms with E-state index in [1.54, 1.807) is 0 Å². The van der Waals surface area contributed by atoms with Crippen LogP contribution in [0.4, 0.5) is 0 Å². The minimum absolute atomic E-state index is 0. The average Bonchev–Trinajstić information content (AvgIpc) is 2.11. The van der Waals surface area contributed by atoms with Crippen LogP contribution < -0.4 is 11.1 Å². The quantitative estimate of drug-likeness (QED) is 0.828. The molecule has 4 rings (SSSR count). The van der Waals surface area contributed by atoms with Crippen LogP contribution in [0.1, 0.15) is 51.9 Å². The van der Waals surface area contributed by atoms with E-state index in [-0.39, 0.29) is 29.9 Å². The van der Waals surface area contributed by atoms with E-state index in [9.17, 15) is 4.79 Å². The minimum Gasteiger partial charge on any atom is -0.351 e. The van der Waals surface area contributed by atoms with Gasteiger partial charge in [0.1, 0.15) is 0 Å². The first-order chi connectivity index (χ1) is 8.05. The number of hydrogen-bond acceptors (Lipinski definition) is 2. The molecule has 1 amide bonds. The van der Waals surface area contributed by atoms with Gasteiger partial charge in [0.25, 0.3) is 0 Å². The molecule has 0 aromatic carbocycles. The van der Waals surface area contributed by atoms with Crippen molar-refractivity contribution >= 4 is 18.3 Å². The zero-order valence-electron chi connectivity index (χ0n) is 11.2. The molecule has 4 aliphatic carbocycles.